The average Bonchev–Trinajstić information content (AvgIpc) is 3.24. The van der Waals surface area contributed by atoms with Crippen LogP contribution in [0.4, 0.5) is 34.1 Å². The van der Waals surface area contributed by atoms with Crippen LogP contribution in [0.1, 0.15) is 33.4 Å². The summed E-state index contributed by atoms with van der Waals surface area (Å²) in [6.07, 6.45) is 0. The van der Waals surface area contributed by atoms with Crippen molar-refractivity contribution in [2.45, 2.75) is 29.4 Å². The fraction of sp³-hybridized carbons (Fsp3) is 0.0588. The quantitative estimate of drug-likeness (QED) is 0.141. The molecule has 3 aliphatic heterocycles. The Morgan fingerprint density at radius 2 is 0.544 bits per heavy atom. The third-order valence-corrected chi connectivity index (χ3v) is 13.6. The van der Waals surface area contributed by atoms with E-state index in [-0.39, 0.29) is 0 Å². The fourth-order valence-electron chi connectivity index (χ4n) is 7.34. The smallest absolute Gasteiger partial charge is 0.0551 e. The maximum atomic E-state index is 3.46. The van der Waals surface area contributed by atoms with Crippen molar-refractivity contribution >= 4 is 69.4 Å². The van der Waals surface area contributed by atoms with Crippen LogP contribution in [0.5, 0.6) is 0 Å². The van der Waals surface area contributed by atoms with E-state index >= 15 is 0 Å². The van der Waals surface area contributed by atoms with E-state index in [4.69, 9.17) is 0 Å². The van der Waals surface area contributed by atoms with E-state index in [1.807, 2.05) is 0 Å². The van der Waals surface area contributed by atoms with Gasteiger partial charge in [-0.3, -0.25) is 0 Å². The molecule has 0 fully saturated rings. The Balaban J connectivity index is 0.986. The lowest BCUT2D eigenvalue weighted by Crippen LogP contribution is -2.14. The summed E-state index contributed by atoms with van der Waals surface area (Å²) in [5.41, 5.74) is 12.7. The van der Waals surface area contributed by atoms with E-state index in [9.17, 15) is 0 Å². The first-order valence-electron chi connectivity index (χ1n) is 18.6. The minimum atomic E-state index is 0.873. The highest BCUT2D eigenvalue weighted by atomic mass is 32.2. The summed E-state index contributed by atoms with van der Waals surface area (Å²) < 4.78 is 0. The first kappa shape index (κ1) is 35.1. The van der Waals surface area contributed by atoms with Gasteiger partial charge in [0.2, 0.25) is 0 Å². The Morgan fingerprint density at radius 1 is 0.281 bits per heavy atom. The Kier molecular flexibility index (Phi) is 9.01. The molecule has 57 heavy (non-hydrogen) atoms. The third kappa shape index (κ3) is 6.82. The van der Waals surface area contributed by atoms with Crippen LogP contribution in [0.15, 0.2) is 175 Å². The Hall–Kier alpha value is -6.33. The van der Waals surface area contributed by atoms with Crippen LogP contribution in [0, 0.1) is 35.5 Å². The van der Waals surface area contributed by atoms with Gasteiger partial charge < -0.3 is 14.7 Å². The minimum absolute atomic E-state index is 0.873. The number of para-hydroxylation sites is 3. The molecule has 10 rings (SSSR count). The highest BCUT2D eigenvalue weighted by Crippen LogP contribution is 2.49. The highest BCUT2D eigenvalue weighted by molar-refractivity contribution is 8.00. The van der Waals surface area contributed by atoms with Crippen molar-refractivity contribution in [1.82, 2.24) is 0 Å². The van der Waals surface area contributed by atoms with E-state index in [1.165, 1.54) is 63.5 Å². The molecule has 3 heterocycles. The summed E-state index contributed by atoms with van der Waals surface area (Å²) in [6, 6.07) is 51.2. The standard InChI is InChI=1S/C51H33N3S3/c1-52-40-10-4-7-13-46(40)55-49-31-34(22-25-43(49)52)16-19-37-28-38(20-17-35-23-26-44-50(32-35)56-47-14-8-5-11-41(47)53(44)2)30-39(29-37)21-18-36-24-27-45-51(33-36)57-48-15-9-6-12-42(48)54(45)3/h4-15,22-33H,1-3H3. The van der Waals surface area contributed by atoms with Gasteiger partial charge in [-0.1, -0.05) is 107 Å². The molecule has 0 saturated carbocycles. The maximum absolute atomic E-state index is 3.46. The molecule has 0 aromatic heterocycles. The zero-order valence-corrected chi connectivity index (χ0v) is 33.9. The van der Waals surface area contributed by atoms with Gasteiger partial charge in [0.05, 0.1) is 34.1 Å². The average molecular weight is 784 g/mol. The summed E-state index contributed by atoms with van der Waals surface area (Å²) in [4.78, 5) is 14.1. The van der Waals surface area contributed by atoms with E-state index in [1.54, 1.807) is 35.3 Å². The molecule has 0 amide bonds. The van der Waals surface area contributed by atoms with E-state index in [2.05, 4.69) is 217 Å². The second-order valence-corrected chi connectivity index (χ2v) is 17.2. The second kappa shape index (κ2) is 14.6. The van der Waals surface area contributed by atoms with Gasteiger partial charge in [-0.15, -0.1) is 0 Å². The fourth-order valence-corrected chi connectivity index (χ4v) is 10.9. The molecule has 0 unspecified atom stereocenters. The SMILES string of the molecule is CN1c2ccccc2Sc2cc(C#Cc3cc(C#Cc4ccc5c(c4)Sc4ccccc4N5C)cc(C#Cc4ccc5c(c4)Sc4ccccc4N5C)c3)ccc21. The van der Waals surface area contributed by atoms with E-state index in [0.717, 1.165) is 33.4 Å². The van der Waals surface area contributed by atoms with Crippen LogP contribution in [0.3, 0.4) is 0 Å². The van der Waals surface area contributed by atoms with Crippen molar-refractivity contribution in [2.24, 2.45) is 0 Å². The zero-order chi connectivity index (χ0) is 38.5. The van der Waals surface area contributed by atoms with E-state index < -0.39 is 0 Å². The van der Waals surface area contributed by atoms with Crippen molar-refractivity contribution in [2.75, 3.05) is 35.8 Å². The van der Waals surface area contributed by atoms with Gasteiger partial charge in [0, 0.05) is 83.9 Å². The number of hydrogen-bond donors (Lipinski definition) is 0. The highest BCUT2D eigenvalue weighted by Gasteiger charge is 2.22. The molecule has 0 bridgehead atoms. The summed E-state index contributed by atoms with van der Waals surface area (Å²) >= 11 is 5.38. The summed E-state index contributed by atoms with van der Waals surface area (Å²) in [6.45, 7) is 0. The summed E-state index contributed by atoms with van der Waals surface area (Å²) in [5, 5.41) is 0. The Labute approximate surface area is 347 Å². The van der Waals surface area contributed by atoms with E-state index in [0.29, 0.717) is 0 Å². The molecular weight excluding hydrogens is 751 g/mol. The number of fused-ring (bicyclic) bond motifs is 6. The van der Waals surface area contributed by atoms with Crippen molar-refractivity contribution in [3.8, 4) is 35.5 Å². The molecule has 7 aromatic rings. The monoisotopic (exact) mass is 783 g/mol. The van der Waals surface area contributed by atoms with Crippen molar-refractivity contribution in [1.29, 1.82) is 0 Å². The second-order valence-electron chi connectivity index (χ2n) is 14.0. The predicted octanol–water partition coefficient (Wildman–Crippen LogP) is 12.6. The van der Waals surface area contributed by atoms with Crippen LogP contribution >= 0.6 is 35.3 Å². The molecule has 6 heteroatoms. The first-order chi connectivity index (χ1) is 27.9. The lowest BCUT2D eigenvalue weighted by atomic mass is 10.0. The predicted molar refractivity (Wildman–Crippen MR) is 240 cm³/mol. The topological polar surface area (TPSA) is 9.72 Å². The molecular formula is C51H33N3S3. The summed E-state index contributed by atoms with van der Waals surface area (Å²) in [5.74, 6) is 20.7. The minimum Gasteiger partial charge on any atom is -0.343 e. The van der Waals surface area contributed by atoms with Crippen molar-refractivity contribution in [3.63, 3.8) is 0 Å². The normalized spacial score (nSPS) is 12.8. The molecule has 0 aliphatic carbocycles. The molecule has 0 saturated heterocycles. The molecule has 0 N–H and O–H groups in total. The third-order valence-electron chi connectivity index (χ3n) is 10.3. The van der Waals surface area contributed by atoms with Gasteiger partial charge in [0.15, 0.2) is 0 Å². The van der Waals surface area contributed by atoms with Crippen LogP contribution in [-0.2, 0) is 0 Å². The van der Waals surface area contributed by atoms with Gasteiger partial charge in [0.25, 0.3) is 0 Å². The van der Waals surface area contributed by atoms with Crippen LogP contribution in [0.2, 0.25) is 0 Å². The molecule has 3 aliphatic rings. The van der Waals surface area contributed by atoms with Crippen LogP contribution in [0.25, 0.3) is 0 Å². The van der Waals surface area contributed by atoms with Gasteiger partial charge >= 0.3 is 0 Å². The molecule has 270 valence electrons. The van der Waals surface area contributed by atoms with Gasteiger partial charge in [-0.25, -0.2) is 0 Å². The van der Waals surface area contributed by atoms with Gasteiger partial charge in [-0.2, -0.15) is 0 Å². The van der Waals surface area contributed by atoms with Gasteiger partial charge in [-0.05, 0) is 109 Å². The first-order valence-corrected chi connectivity index (χ1v) is 21.0. The maximum Gasteiger partial charge on any atom is 0.0551 e. The number of benzene rings is 7. The molecule has 0 radical (unpaired) electrons. The van der Waals surface area contributed by atoms with Crippen LogP contribution in [-0.4, -0.2) is 21.1 Å². The number of nitrogens with zero attached hydrogens (tertiary/aromatic N) is 3. The van der Waals surface area contributed by atoms with Crippen molar-refractivity contribution < 1.29 is 0 Å². The zero-order valence-electron chi connectivity index (χ0n) is 31.4. The number of rotatable bonds is 0. The number of hydrogen-bond acceptors (Lipinski definition) is 6. The Bertz CT molecular complexity index is 2650. The lowest BCUT2D eigenvalue weighted by Gasteiger charge is -2.29. The molecule has 3 nitrogen and oxygen atoms in total. The summed E-state index contributed by atoms with van der Waals surface area (Å²) in [7, 11) is 6.37. The van der Waals surface area contributed by atoms with Crippen LogP contribution < -0.4 is 14.7 Å². The molecule has 7 aromatic carbocycles. The van der Waals surface area contributed by atoms with Crippen molar-refractivity contribution in [3.05, 3.63) is 179 Å². The Morgan fingerprint density at radius 3 is 0.860 bits per heavy atom. The lowest BCUT2D eigenvalue weighted by molar-refractivity contribution is 1.11. The largest absolute Gasteiger partial charge is 0.343 e. The molecule has 0 atom stereocenters. The number of anilines is 6. The molecule has 0 spiro atoms. The van der Waals surface area contributed by atoms with Gasteiger partial charge in [0.1, 0.15) is 0 Å².